The van der Waals surface area contributed by atoms with E-state index in [0.29, 0.717) is 5.92 Å². The molecule has 0 aliphatic heterocycles. The predicted molar refractivity (Wildman–Crippen MR) is 86.1 cm³/mol. The van der Waals surface area contributed by atoms with Crippen LogP contribution in [0.5, 0.6) is 0 Å². The second kappa shape index (κ2) is 6.59. The van der Waals surface area contributed by atoms with E-state index in [1.807, 2.05) is 6.08 Å². The quantitative estimate of drug-likeness (QED) is 0.433. The molecule has 102 valence electrons. The minimum absolute atomic E-state index is 0.339. The molecule has 1 unspecified atom stereocenters. The molecule has 1 atom stereocenters. The summed E-state index contributed by atoms with van der Waals surface area (Å²) >= 11 is 0. The van der Waals surface area contributed by atoms with Crippen molar-refractivity contribution in [2.75, 3.05) is 0 Å². The second-order valence-corrected chi connectivity index (χ2v) is 5.41. The van der Waals surface area contributed by atoms with Crippen molar-refractivity contribution in [1.82, 2.24) is 0 Å². The Morgan fingerprint density at radius 2 is 1.89 bits per heavy atom. The first-order valence-electron chi connectivity index (χ1n) is 7.03. The topological polar surface area (TPSA) is 0 Å². The molecule has 19 heavy (non-hydrogen) atoms. The van der Waals surface area contributed by atoms with Gasteiger partial charge in [-0.05, 0) is 69.4 Å². The van der Waals surface area contributed by atoms with Crippen LogP contribution in [0.4, 0.5) is 0 Å². The van der Waals surface area contributed by atoms with Gasteiger partial charge in [0.2, 0.25) is 0 Å². The normalized spacial score (nSPS) is 26.7. The third kappa shape index (κ3) is 3.72. The van der Waals surface area contributed by atoms with Gasteiger partial charge in [0.15, 0.2) is 0 Å². The number of allylic oxidation sites excluding steroid dienone is 8. The predicted octanol–water partition coefficient (Wildman–Crippen LogP) is 5.91. The van der Waals surface area contributed by atoms with E-state index in [1.54, 1.807) is 0 Å². The maximum atomic E-state index is 3.94. The van der Waals surface area contributed by atoms with Crippen LogP contribution in [0, 0.1) is 5.92 Å². The molecule has 0 saturated heterocycles. The summed E-state index contributed by atoms with van der Waals surface area (Å²) in [4.78, 5) is 0. The van der Waals surface area contributed by atoms with Crippen molar-refractivity contribution in [2.45, 2.75) is 48.0 Å². The molecule has 0 aromatic carbocycles. The molecule has 0 spiro atoms. The molecule has 1 rings (SSSR count). The van der Waals surface area contributed by atoms with Crippen molar-refractivity contribution in [1.29, 1.82) is 0 Å². The molecule has 0 saturated carbocycles. The Labute approximate surface area is 118 Å². The van der Waals surface area contributed by atoms with Gasteiger partial charge in [0.05, 0.1) is 0 Å². The minimum Gasteiger partial charge on any atom is -0.118 e. The number of rotatable bonds is 3. The maximum Gasteiger partial charge on any atom is 0.0269 e. The molecule has 0 heteroatoms. The fourth-order valence-electron chi connectivity index (χ4n) is 2.60. The number of hydrogen-bond acceptors (Lipinski definition) is 0. The average Bonchev–Trinajstić information content (AvgIpc) is 2.35. The molecular weight excluding hydrogens is 228 g/mol. The zero-order chi connectivity index (χ0) is 14.6. The summed E-state index contributed by atoms with van der Waals surface area (Å²) in [6.07, 6.45) is 7.58. The summed E-state index contributed by atoms with van der Waals surface area (Å²) in [5, 5.41) is 0. The van der Waals surface area contributed by atoms with Crippen molar-refractivity contribution in [3.63, 3.8) is 0 Å². The monoisotopic (exact) mass is 254 g/mol. The fraction of sp³-hybridized carbons (Fsp3) is 0.421. The van der Waals surface area contributed by atoms with E-state index >= 15 is 0 Å². The highest BCUT2D eigenvalue weighted by Crippen LogP contribution is 2.29. The summed E-state index contributed by atoms with van der Waals surface area (Å²) in [6, 6.07) is 0. The van der Waals surface area contributed by atoms with E-state index in [9.17, 15) is 0 Å². The van der Waals surface area contributed by atoms with Crippen LogP contribution >= 0.6 is 0 Å². The van der Waals surface area contributed by atoms with Gasteiger partial charge in [-0.3, -0.25) is 0 Å². The van der Waals surface area contributed by atoms with Gasteiger partial charge in [-0.1, -0.05) is 36.8 Å². The SMILES string of the molecule is C=C/C(CC)=C(\C)C1/C=C(C)/C(C)=C\C(C)=C=C1C. The Balaban J connectivity index is 3.46. The Hall–Kier alpha value is -1.52. The molecule has 0 aromatic rings. The van der Waals surface area contributed by atoms with Crippen LogP contribution in [0.2, 0.25) is 0 Å². The lowest BCUT2D eigenvalue weighted by molar-refractivity contribution is 0.856. The molecule has 1 aliphatic rings. The summed E-state index contributed by atoms with van der Waals surface area (Å²) < 4.78 is 0. The molecule has 0 bridgehead atoms. The van der Waals surface area contributed by atoms with Crippen LogP contribution in [0.25, 0.3) is 0 Å². The molecule has 0 heterocycles. The maximum absolute atomic E-state index is 3.94. The zero-order valence-corrected chi connectivity index (χ0v) is 13.2. The first-order valence-corrected chi connectivity index (χ1v) is 7.03. The van der Waals surface area contributed by atoms with Crippen LogP contribution in [0.15, 0.2) is 64.0 Å². The lowest BCUT2D eigenvalue weighted by Crippen LogP contribution is -2.05. The van der Waals surface area contributed by atoms with Crippen molar-refractivity contribution < 1.29 is 0 Å². The Morgan fingerprint density at radius 3 is 2.42 bits per heavy atom. The lowest BCUT2D eigenvalue weighted by atomic mass is 9.85. The van der Waals surface area contributed by atoms with Gasteiger partial charge in [-0.25, -0.2) is 0 Å². The van der Waals surface area contributed by atoms with Gasteiger partial charge in [-0.15, -0.1) is 5.73 Å². The van der Waals surface area contributed by atoms with Crippen LogP contribution < -0.4 is 0 Å². The summed E-state index contributed by atoms with van der Waals surface area (Å²) in [6.45, 7) is 17.0. The summed E-state index contributed by atoms with van der Waals surface area (Å²) in [5.74, 6) is 0.339. The Morgan fingerprint density at radius 1 is 1.26 bits per heavy atom. The standard InChI is InChI=1S/C19H26/c1-8-18(9-2)17(7)19-12-15(5)14(4)10-13(3)11-16(19)6/h8,10,12,19H,1,9H2,2-7H3/b14-10-,15-12+,18-17-. The Kier molecular flexibility index (Phi) is 5.39. The molecular formula is C19H26. The third-order valence-electron chi connectivity index (χ3n) is 3.93. The number of hydrogen-bond donors (Lipinski definition) is 0. The van der Waals surface area contributed by atoms with Crippen LogP contribution in [0.3, 0.4) is 0 Å². The molecule has 0 radical (unpaired) electrons. The van der Waals surface area contributed by atoms with Crippen molar-refractivity contribution >= 4 is 0 Å². The summed E-state index contributed by atoms with van der Waals surface area (Å²) in [7, 11) is 0. The second-order valence-electron chi connectivity index (χ2n) is 5.41. The Bertz CT molecular complexity index is 526. The summed E-state index contributed by atoms with van der Waals surface area (Å²) in [5.41, 5.74) is 11.4. The lowest BCUT2D eigenvalue weighted by Gasteiger charge is -2.19. The van der Waals surface area contributed by atoms with E-state index in [2.05, 4.69) is 66.0 Å². The van der Waals surface area contributed by atoms with E-state index in [0.717, 1.165) is 6.42 Å². The van der Waals surface area contributed by atoms with Crippen molar-refractivity contribution in [3.05, 3.63) is 64.0 Å². The van der Waals surface area contributed by atoms with E-state index in [-0.39, 0.29) is 0 Å². The van der Waals surface area contributed by atoms with Crippen molar-refractivity contribution in [2.24, 2.45) is 5.92 Å². The first kappa shape index (κ1) is 15.5. The molecule has 1 aliphatic carbocycles. The van der Waals surface area contributed by atoms with Crippen molar-refractivity contribution in [3.8, 4) is 0 Å². The van der Waals surface area contributed by atoms with Gasteiger partial charge in [0.25, 0.3) is 0 Å². The zero-order valence-electron chi connectivity index (χ0n) is 13.2. The average molecular weight is 254 g/mol. The van der Waals surface area contributed by atoms with Gasteiger partial charge >= 0.3 is 0 Å². The largest absolute Gasteiger partial charge is 0.118 e. The molecule has 0 N–H and O–H groups in total. The van der Waals surface area contributed by atoms with Crippen LogP contribution in [0.1, 0.15) is 48.0 Å². The first-order chi connectivity index (χ1) is 8.90. The van der Waals surface area contributed by atoms with Gasteiger partial charge in [0.1, 0.15) is 0 Å². The minimum atomic E-state index is 0.339. The highest BCUT2D eigenvalue weighted by atomic mass is 14.2. The highest BCUT2D eigenvalue weighted by Gasteiger charge is 2.14. The smallest absolute Gasteiger partial charge is 0.0269 e. The van der Waals surface area contributed by atoms with Crippen LogP contribution in [-0.4, -0.2) is 0 Å². The third-order valence-corrected chi connectivity index (χ3v) is 3.93. The van der Waals surface area contributed by atoms with Gasteiger partial charge in [0, 0.05) is 5.92 Å². The van der Waals surface area contributed by atoms with E-state index in [1.165, 1.54) is 33.4 Å². The molecule has 0 amide bonds. The van der Waals surface area contributed by atoms with E-state index in [4.69, 9.17) is 0 Å². The molecule has 0 aromatic heterocycles. The van der Waals surface area contributed by atoms with Gasteiger partial charge in [-0.2, -0.15) is 0 Å². The molecule has 0 nitrogen and oxygen atoms in total. The molecule has 0 fully saturated rings. The fourth-order valence-corrected chi connectivity index (χ4v) is 2.60. The highest BCUT2D eigenvalue weighted by molar-refractivity contribution is 5.42. The van der Waals surface area contributed by atoms with Crippen LogP contribution in [-0.2, 0) is 0 Å². The van der Waals surface area contributed by atoms with Gasteiger partial charge < -0.3 is 0 Å². The van der Waals surface area contributed by atoms with E-state index < -0.39 is 0 Å².